The molecule has 4 nitrogen and oxygen atoms in total. The maximum atomic E-state index is 5.62. The summed E-state index contributed by atoms with van der Waals surface area (Å²) in [6.07, 6.45) is 3.70. The van der Waals surface area contributed by atoms with Gasteiger partial charge in [0.25, 0.3) is 0 Å². The molecule has 0 bridgehead atoms. The van der Waals surface area contributed by atoms with Gasteiger partial charge in [-0.05, 0) is 36.8 Å². The highest BCUT2D eigenvalue weighted by molar-refractivity contribution is 5.68. The van der Waals surface area contributed by atoms with Crippen LogP contribution in [0.15, 0.2) is 42.7 Å². The first-order valence-corrected chi connectivity index (χ1v) is 5.41. The van der Waals surface area contributed by atoms with E-state index in [9.17, 15) is 0 Å². The largest absolute Gasteiger partial charge is 0.368 e. The molecule has 0 aliphatic rings. The van der Waals surface area contributed by atoms with E-state index >= 15 is 0 Å². The lowest BCUT2D eigenvalue weighted by molar-refractivity contribution is 1.14. The van der Waals surface area contributed by atoms with Crippen molar-refractivity contribution in [2.75, 3.05) is 5.73 Å². The number of fused-ring (bicyclic) bond motifs is 1. The number of hydrogen-bond acceptors (Lipinski definition) is 3. The molecule has 84 valence electrons. The Hall–Kier alpha value is -2.36. The lowest BCUT2D eigenvalue weighted by Gasteiger charge is -2.02. The second kappa shape index (κ2) is 3.59. The van der Waals surface area contributed by atoms with Crippen LogP contribution in [0.4, 0.5) is 5.95 Å². The van der Waals surface area contributed by atoms with Gasteiger partial charge in [0.2, 0.25) is 5.95 Å². The topological polar surface area (TPSA) is 56.2 Å². The van der Waals surface area contributed by atoms with Crippen molar-refractivity contribution in [2.24, 2.45) is 0 Å². The van der Waals surface area contributed by atoms with Gasteiger partial charge in [0.15, 0.2) is 0 Å². The second-order valence-electron chi connectivity index (χ2n) is 3.97. The van der Waals surface area contributed by atoms with Crippen LogP contribution in [0.3, 0.4) is 0 Å². The fourth-order valence-electron chi connectivity index (χ4n) is 2.04. The van der Waals surface area contributed by atoms with Crippen LogP contribution in [-0.4, -0.2) is 14.4 Å². The molecular formula is C13H12N4. The predicted octanol–water partition coefficient (Wildman–Crippen LogP) is 2.29. The van der Waals surface area contributed by atoms with E-state index in [1.807, 2.05) is 24.4 Å². The van der Waals surface area contributed by atoms with Crippen molar-refractivity contribution in [3.63, 3.8) is 0 Å². The predicted molar refractivity (Wildman–Crippen MR) is 67.6 cm³/mol. The lowest BCUT2D eigenvalue weighted by atomic mass is 10.2. The van der Waals surface area contributed by atoms with Gasteiger partial charge in [-0.15, -0.1) is 0 Å². The van der Waals surface area contributed by atoms with Crippen LogP contribution in [0.1, 0.15) is 5.56 Å². The molecule has 2 N–H and O–H groups in total. The Bertz CT molecular complexity index is 685. The average molecular weight is 224 g/mol. The number of rotatable bonds is 1. The molecule has 0 radical (unpaired) electrons. The minimum Gasteiger partial charge on any atom is -0.368 e. The van der Waals surface area contributed by atoms with E-state index in [1.54, 1.807) is 6.20 Å². The van der Waals surface area contributed by atoms with Gasteiger partial charge < -0.3 is 10.1 Å². The smallest absolute Gasteiger partial charge is 0.220 e. The van der Waals surface area contributed by atoms with E-state index in [4.69, 9.17) is 5.73 Å². The molecule has 0 spiro atoms. The molecule has 0 unspecified atom stereocenters. The summed E-state index contributed by atoms with van der Waals surface area (Å²) in [5, 5.41) is 0. The first-order valence-electron chi connectivity index (χ1n) is 5.41. The minimum atomic E-state index is 0.297. The zero-order valence-electron chi connectivity index (χ0n) is 9.46. The van der Waals surface area contributed by atoms with Crippen LogP contribution in [0.5, 0.6) is 0 Å². The summed E-state index contributed by atoms with van der Waals surface area (Å²) in [4.78, 5) is 8.16. The summed E-state index contributed by atoms with van der Waals surface area (Å²) in [6.45, 7) is 2.09. The molecule has 17 heavy (non-hydrogen) atoms. The van der Waals surface area contributed by atoms with Crippen molar-refractivity contribution in [2.45, 2.75) is 6.92 Å². The number of nitrogens with zero attached hydrogens (tertiary/aromatic N) is 3. The molecule has 3 heterocycles. The van der Waals surface area contributed by atoms with Crippen molar-refractivity contribution >= 4 is 11.5 Å². The summed E-state index contributed by atoms with van der Waals surface area (Å²) in [5.74, 6) is 0.297. The highest BCUT2D eigenvalue weighted by atomic mass is 15.0. The molecule has 0 aromatic carbocycles. The van der Waals surface area contributed by atoms with Gasteiger partial charge in [-0.2, -0.15) is 0 Å². The first kappa shape index (κ1) is 9.84. The van der Waals surface area contributed by atoms with E-state index in [2.05, 4.69) is 33.4 Å². The average Bonchev–Trinajstić information content (AvgIpc) is 2.68. The number of nitrogen functional groups attached to an aromatic ring is 1. The number of aryl methyl sites for hydroxylation is 1. The van der Waals surface area contributed by atoms with Crippen molar-refractivity contribution < 1.29 is 0 Å². The zero-order chi connectivity index (χ0) is 11.8. The van der Waals surface area contributed by atoms with Gasteiger partial charge in [0, 0.05) is 17.9 Å². The zero-order valence-corrected chi connectivity index (χ0v) is 9.46. The van der Waals surface area contributed by atoms with Crippen LogP contribution in [0, 0.1) is 6.92 Å². The Morgan fingerprint density at radius 3 is 2.94 bits per heavy atom. The summed E-state index contributed by atoms with van der Waals surface area (Å²) >= 11 is 0. The highest BCUT2D eigenvalue weighted by Crippen LogP contribution is 2.24. The Kier molecular flexibility index (Phi) is 2.08. The molecule has 3 aromatic heterocycles. The highest BCUT2D eigenvalue weighted by Gasteiger charge is 2.08. The monoisotopic (exact) mass is 224 g/mol. The number of aromatic nitrogens is 3. The SMILES string of the molecule is Cc1cc(-c2ccnc(N)n2)n2ccccc12. The number of anilines is 1. The Morgan fingerprint density at radius 1 is 1.24 bits per heavy atom. The molecule has 0 saturated heterocycles. The molecule has 0 atom stereocenters. The molecule has 0 aliphatic heterocycles. The van der Waals surface area contributed by atoms with E-state index in [0.29, 0.717) is 5.95 Å². The summed E-state index contributed by atoms with van der Waals surface area (Å²) in [6, 6.07) is 10.1. The van der Waals surface area contributed by atoms with Gasteiger partial charge in [0.1, 0.15) is 0 Å². The van der Waals surface area contributed by atoms with Gasteiger partial charge in [-0.1, -0.05) is 6.07 Å². The third-order valence-electron chi connectivity index (χ3n) is 2.81. The molecule has 3 aromatic rings. The van der Waals surface area contributed by atoms with E-state index in [-0.39, 0.29) is 0 Å². The third-order valence-corrected chi connectivity index (χ3v) is 2.81. The third kappa shape index (κ3) is 1.54. The van der Waals surface area contributed by atoms with Crippen LogP contribution in [0.25, 0.3) is 16.9 Å². The fourth-order valence-corrected chi connectivity index (χ4v) is 2.04. The summed E-state index contributed by atoms with van der Waals surface area (Å²) in [7, 11) is 0. The van der Waals surface area contributed by atoms with E-state index in [0.717, 1.165) is 11.4 Å². The molecule has 0 saturated carbocycles. The molecular weight excluding hydrogens is 212 g/mol. The van der Waals surface area contributed by atoms with Crippen molar-refractivity contribution in [3.8, 4) is 11.4 Å². The van der Waals surface area contributed by atoms with E-state index in [1.165, 1.54) is 11.1 Å². The molecule has 3 rings (SSSR count). The van der Waals surface area contributed by atoms with Gasteiger partial charge in [-0.25, -0.2) is 9.97 Å². The lowest BCUT2D eigenvalue weighted by Crippen LogP contribution is -1.96. The Labute approximate surface area is 98.8 Å². The minimum absolute atomic E-state index is 0.297. The number of pyridine rings is 1. The van der Waals surface area contributed by atoms with Crippen molar-refractivity contribution in [1.82, 2.24) is 14.4 Å². The Morgan fingerprint density at radius 2 is 2.12 bits per heavy atom. The van der Waals surface area contributed by atoms with Crippen molar-refractivity contribution in [1.29, 1.82) is 0 Å². The fraction of sp³-hybridized carbons (Fsp3) is 0.0769. The number of nitrogens with two attached hydrogens (primary N) is 1. The van der Waals surface area contributed by atoms with Crippen LogP contribution in [0.2, 0.25) is 0 Å². The quantitative estimate of drug-likeness (QED) is 0.690. The van der Waals surface area contributed by atoms with Crippen LogP contribution >= 0.6 is 0 Å². The van der Waals surface area contributed by atoms with Crippen molar-refractivity contribution in [3.05, 3.63) is 48.3 Å². The van der Waals surface area contributed by atoms with Gasteiger partial charge in [-0.3, -0.25) is 0 Å². The number of hydrogen-bond donors (Lipinski definition) is 1. The van der Waals surface area contributed by atoms with Gasteiger partial charge >= 0.3 is 0 Å². The molecule has 0 fully saturated rings. The molecule has 0 amide bonds. The molecule has 4 heteroatoms. The molecule has 0 aliphatic carbocycles. The van der Waals surface area contributed by atoms with Crippen LogP contribution in [-0.2, 0) is 0 Å². The summed E-state index contributed by atoms with van der Waals surface area (Å²) in [5.41, 5.74) is 9.89. The second-order valence-corrected chi connectivity index (χ2v) is 3.97. The summed E-state index contributed by atoms with van der Waals surface area (Å²) < 4.78 is 2.11. The maximum absolute atomic E-state index is 5.62. The first-order chi connectivity index (χ1) is 8.25. The normalized spacial score (nSPS) is 10.9. The standard InChI is InChI=1S/C13H12N4/c1-9-8-12(10-5-6-15-13(14)16-10)17-7-3-2-4-11(9)17/h2-8H,1H3,(H2,14,15,16). The Balaban J connectivity index is 2.31. The van der Waals surface area contributed by atoms with Crippen LogP contribution < -0.4 is 5.73 Å². The van der Waals surface area contributed by atoms with E-state index < -0.39 is 0 Å². The van der Waals surface area contributed by atoms with Gasteiger partial charge in [0.05, 0.1) is 11.4 Å². The maximum Gasteiger partial charge on any atom is 0.220 e.